The summed E-state index contributed by atoms with van der Waals surface area (Å²) < 4.78 is 7.21. The molecule has 0 N–H and O–H groups in total. The molecule has 0 spiro atoms. The number of hydrogen-bond donors (Lipinski definition) is 0. The second-order valence-corrected chi connectivity index (χ2v) is 10.2. The third kappa shape index (κ3) is 5.03. The minimum Gasteiger partial charge on any atom is -0.457 e. The quantitative estimate of drug-likeness (QED) is 0.197. The second-order valence-electron chi connectivity index (χ2n) is 6.96. The Morgan fingerprint density at radius 3 is 1.28 bits per heavy atom. The smallest absolute Gasteiger partial charge is 0.166 e. The minimum atomic E-state index is -0.146. The number of hydrogen-bond acceptors (Lipinski definition) is 1. The van der Waals surface area contributed by atoms with Crippen molar-refractivity contribution < 1.29 is 4.74 Å². The third-order valence-electron chi connectivity index (χ3n) is 4.62. The number of rotatable bonds is 5. The van der Waals surface area contributed by atoms with Crippen LogP contribution in [0.3, 0.4) is 0 Å². The fraction of sp³-hybridized carbons (Fsp3) is 0.0769. The summed E-state index contributed by atoms with van der Waals surface area (Å²) in [5.74, 6) is 1.71. The summed E-state index contributed by atoms with van der Waals surface area (Å²) in [5, 5.41) is 0. The van der Waals surface area contributed by atoms with Crippen LogP contribution in [0, 0.1) is 17.4 Å². The lowest BCUT2D eigenvalue weighted by molar-refractivity contribution is 0.482. The third-order valence-corrected chi connectivity index (χ3v) is 7.57. The molecule has 144 valence electrons. The normalized spacial score (nSPS) is 10.9. The van der Waals surface area contributed by atoms with Crippen molar-refractivity contribution in [3.8, 4) is 11.5 Å². The molecule has 0 radical (unpaired) electrons. The predicted molar refractivity (Wildman–Crippen MR) is 130 cm³/mol. The standard InChI is InChI=1S/C26H22IOS/c1-19-3-13-24(14-4-19)29(25-15-5-20(2)6-16-25)26-17-11-23(12-18-26)28-22-9-7-21(27)8-10-22/h3-18H,1-2H3/q+1. The Hall–Kier alpha value is -2.24. The number of halogens is 1. The molecule has 0 aliphatic carbocycles. The van der Waals surface area contributed by atoms with Gasteiger partial charge in [-0.15, -0.1) is 0 Å². The minimum absolute atomic E-state index is 0.146. The topological polar surface area (TPSA) is 9.23 Å². The molecule has 4 aromatic rings. The van der Waals surface area contributed by atoms with Gasteiger partial charge in [-0.2, -0.15) is 0 Å². The molecular weight excluding hydrogens is 487 g/mol. The Balaban J connectivity index is 1.66. The SMILES string of the molecule is Cc1ccc([S+](c2ccc(C)cc2)c2ccc(Oc3ccc(I)cc3)cc2)cc1. The van der Waals surface area contributed by atoms with Crippen LogP contribution in [0.1, 0.15) is 11.1 Å². The van der Waals surface area contributed by atoms with Crippen LogP contribution in [0.5, 0.6) is 11.5 Å². The number of benzene rings is 4. The maximum Gasteiger partial charge on any atom is 0.166 e. The first-order chi connectivity index (χ1) is 14.1. The van der Waals surface area contributed by atoms with E-state index in [4.69, 9.17) is 4.74 Å². The van der Waals surface area contributed by atoms with Crippen LogP contribution in [-0.2, 0) is 10.9 Å². The Kier molecular flexibility index (Phi) is 6.26. The van der Waals surface area contributed by atoms with E-state index in [9.17, 15) is 0 Å². The number of aryl methyl sites for hydroxylation is 2. The van der Waals surface area contributed by atoms with Gasteiger partial charge in [-0.25, -0.2) is 0 Å². The van der Waals surface area contributed by atoms with Gasteiger partial charge in [0.15, 0.2) is 14.7 Å². The Morgan fingerprint density at radius 1 is 0.517 bits per heavy atom. The van der Waals surface area contributed by atoms with Crippen LogP contribution in [0.2, 0.25) is 0 Å². The summed E-state index contributed by atoms with van der Waals surface area (Å²) >= 11 is 2.30. The fourth-order valence-corrected chi connectivity index (χ4v) is 5.44. The fourth-order valence-electron chi connectivity index (χ4n) is 3.04. The molecular formula is C26H22IOS+. The van der Waals surface area contributed by atoms with Gasteiger partial charge in [0.05, 0.1) is 10.9 Å². The van der Waals surface area contributed by atoms with Gasteiger partial charge in [0, 0.05) is 3.57 Å². The highest BCUT2D eigenvalue weighted by Crippen LogP contribution is 2.33. The average molecular weight is 509 g/mol. The van der Waals surface area contributed by atoms with Crippen LogP contribution in [0.4, 0.5) is 0 Å². The van der Waals surface area contributed by atoms with Gasteiger partial charge in [0.1, 0.15) is 11.5 Å². The van der Waals surface area contributed by atoms with E-state index < -0.39 is 0 Å². The van der Waals surface area contributed by atoms with Gasteiger partial charge in [0.2, 0.25) is 0 Å². The van der Waals surface area contributed by atoms with Gasteiger partial charge >= 0.3 is 0 Å². The summed E-state index contributed by atoms with van der Waals surface area (Å²) in [6.45, 7) is 4.26. The highest BCUT2D eigenvalue weighted by atomic mass is 127. The van der Waals surface area contributed by atoms with Crippen LogP contribution in [-0.4, -0.2) is 0 Å². The summed E-state index contributed by atoms with van der Waals surface area (Å²) in [4.78, 5) is 3.93. The second kappa shape index (κ2) is 9.06. The molecule has 29 heavy (non-hydrogen) atoms. The first kappa shape index (κ1) is 20.0. The van der Waals surface area contributed by atoms with Crippen LogP contribution < -0.4 is 4.74 Å². The largest absolute Gasteiger partial charge is 0.457 e. The first-order valence-corrected chi connectivity index (χ1v) is 11.8. The average Bonchev–Trinajstić information content (AvgIpc) is 2.74. The molecule has 0 unspecified atom stereocenters. The zero-order chi connectivity index (χ0) is 20.2. The van der Waals surface area contributed by atoms with Gasteiger partial charge in [-0.05, 0) is 109 Å². The molecule has 0 heterocycles. The van der Waals surface area contributed by atoms with E-state index >= 15 is 0 Å². The van der Waals surface area contributed by atoms with E-state index in [2.05, 4.69) is 121 Å². The van der Waals surface area contributed by atoms with Gasteiger partial charge in [0.25, 0.3) is 0 Å². The molecule has 4 aromatic carbocycles. The van der Waals surface area contributed by atoms with Crippen molar-refractivity contribution in [3.63, 3.8) is 0 Å². The Bertz CT molecular complexity index is 1020. The van der Waals surface area contributed by atoms with Crippen LogP contribution in [0.25, 0.3) is 0 Å². The van der Waals surface area contributed by atoms with Crippen molar-refractivity contribution >= 4 is 33.5 Å². The molecule has 1 nitrogen and oxygen atoms in total. The highest BCUT2D eigenvalue weighted by Gasteiger charge is 2.28. The maximum absolute atomic E-state index is 6.01. The van der Waals surface area contributed by atoms with Crippen molar-refractivity contribution in [2.24, 2.45) is 0 Å². The van der Waals surface area contributed by atoms with Crippen molar-refractivity contribution in [1.82, 2.24) is 0 Å². The Morgan fingerprint density at radius 2 is 0.862 bits per heavy atom. The molecule has 0 aliphatic rings. The van der Waals surface area contributed by atoms with Gasteiger partial charge in [-0.3, -0.25) is 0 Å². The lowest BCUT2D eigenvalue weighted by Crippen LogP contribution is -2.05. The lowest BCUT2D eigenvalue weighted by Gasteiger charge is -2.10. The monoisotopic (exact) mass is 509 g/mol. The molecule has 4 rings (SSSR count). The van der Waals surface area contributed by atoms with Crippen molar-refractivity contribution in [2.45, 2.75) is 28.5 Å². The van der Waals surface area contributed by atoms with E-state index in [1.54, 1.807) is 0 Å². The predicted octanol–water partition coefficient (Wildman–Crippen LogP) is 7.80. The zero-order valence-electron chi connectivity index (χ0n) is 16.4. The number of ether oxygens (including phenoxy) is 1. The van der Waals surface area contributed by atoms with Gasteiger partial charge < -0.3 is 4.74 Å². The maximum atomic E-state index is 6.01. The molecule has 0 bridgehead atoms. The molecule has 0 fully saturated rings. The summed E-state index contributed by atoms with van der Waals surface area (Å²) in [7, 11) is -0.146. The molecule has 3 heteroatoms. The van der Waals surface area contributed by atoms with E-state index in [1.807, 2.05) is 12.1 Å². The lowest BCUT2D eigenvalue weighted by atomic mass is 10.2. The van der Waals surface area contributed by atoms with Crippen LogP contribution >= 0.6 is 22.6 Å². The summed E-state index contributed by atoms with van der Waals surface area (Å²) in [5.41, 5.74) is 2.56. The summed E-state index contributed by atoms with van der Waals surface area (Å²) in [6, 6.07) is 34.3. The zero-order valence-corrected chi connectivity index (χ0v) is 19.4. The van der Waals surface area contributed by atoms with Crippen molar-refractivity contribution in [3.05, 3.63) is 112 Å². The van der Waals surface area contributed by atoms with Crippen molar-refractivity contribution in [1.29, 1.82) is 0 Å². The van der Waals surface area contributed by atoms with E-state index in [0.717, 1.165) is 11.5 Å². The Labute approximate surface area is 189 Å². The molecule has 0 saturated carbocycles. The molecule has 0 aromatic heterocycles. The first-order valence-electron chi connectivity index (χ1n) is 9.50. The van der Waals surface area contributed by atoms with Crippen molar-refractivity contribution in [2.75, 3.05) is 0 Å². The van der Waals surface area contributed by atoms with E-state index in [-0.39, 0.29) is 10.9 Å². The molecule has 0 atom stereocenters. The highest BCUT2D eigenvalue weighted by molar-refractivity contribution is 14.1. The van der Waals surface area contributed by atoms with E-state index in [1.165, 1.54) is 29.4 Å². The summed E-state index contributed by atoms with van der Waals surface area (Å²) in [6.07, 6.45) is 0. The van der Waals surface area contributed by atoms with E-state index in [0.29, 0.717) is 0 Å². The molecule has 0 saturated heterocycles. The molecule has 0 aliphatic heterocycles. The van der Waals surface area contributed by atoms with Crippen LogP contribution in [0.15, 0.2) is 112 Å². The molecule has 0 amide bonds. The van der Waals surface area contributed by atoms with Gasteiger partial charge in [-0.1, -0.05) is 35.4 Å².